The number of allylic oxidation sites excluding steroid dienone is 1. The van der Waals surface area contributed by atoms with Gasteiger partial charge >= 0.3 is 7.12 Å². The molecule has 1 aliphatic heterocycles. The summed E-state index contributed by atoms with van der Waals surface area (Å²) in [6.45, 7) is 17.7. The number of aryl methyl sites for hydroxylation is 1. The second kappa shape index (κ2) is 9.83. The fourth-order valence-electron chi connectivity index (χ4n) is 3.80. The van der Waals surface area contributed by atoms with Crippen molar-refractivity contribution < 1.29 is 9.31 Å². The van der Waals surface area contributed by atoms with Crippen LogP contribution in [0.2, 0.25) is 0 Å². The third-order valence-electron chi connectivity index (χ3n) is 6.32. The molecule has 1 saturated heterocycles. The molecular weight excluding hydrogens is 355 g/mol. The minimum absolute atomic E-state index is 0.275. The molecule has 0 amide bonds. The molecule has 0 saturated carbocycles. The molecule has 0 unspecified atom stereocenters. The van der Waals surface area contributed by atoms with E-state index in [2.05, 4.69) is 85.6 Å². The highest BCUT2D eigenvalue weighted by Crippen LogP contribution is 2.38. The second-order valence-corrected chi connectivity index (χ2v) is 10.9. The fourth-order valence-corrected chi connectivity index (χ4v) is 3.80. The van der Waals surface area contributed by atoms with Crippen LogP contribution in [-0.2, 0) is 15.7 Å². The summed E-state index contributed by atoms with van der Waals surface area (Å²) in [6.07, 6.45) is 8.53. The SMILES string of the molecule is CCC/C(=C\B1OC(C)(C)C(C)(C)O1)c1cccc(CCCCCC(C)(C)C)c1. The lowest BCUT2D eigenvalue weighted by Gasteiger charge is -2.32. The monoisotopic (exact) mass is 398 g/mol. The third-order valence-corrected chi connectivity index (χ3v) is 6.32. The maximum Gasteiger partial charge on any atom is 0.487 e. The van der Waals surface area contributed by atoms with Crippen LogP contribution < -0.4 is 0 Å². The van der Waals surface area contributed by atoms with Crippen LogP contribution in [0.1, 0.15) is 105 Å². The van der Waals surface area contributed by atoms with Crippen molar-refractivity contribution in [2.75, 3.05) is 0 Å². The molecule has 0 aromatic heterocycles. The summed E-state index contributed by atoms with van der Waals surface area (Å²) >= 11 is 0. The van der Waals surface area contributed by atoms with Crippen molar-refractivity contribution in [2.24, 2.45) is 5.41 Å². The Bertz CT molecular complexity index is 666. The molecule has 3 heteroatoms. The first kappa shape index (κ1) is 24.2. The van der Waals surface area contributed by atoms with Crippen molar-refractivity contribution in [2.45, 2.75) is 112 Å². The first-order chi connectivity index (χ1) is 13.4. The standard InChI is InChI=1S/C26H43BO2/c1-9-14-23(20-27-28-25(5,6)26(7,8)29-27)22-17-13-16-21(19-22)15-11-10-12-18-24(2,3)4/h13,16-17,19-20H,9-12,14-15,18H2,1-8H3/b23-20+. The maximum absolute atomic E-state index is 6.21. The van der Waals surface area contributed by atoms with Crippen LogP contribution in [-0.4, -0.2) is 18.3 Å². The Morgan fingerprint density at radius 2 is 1.66 bits per heavy atom. The minimum atomic E-state index is -0.291. The summed E-state index contributed by atoms with van der Waals surface area (Å²) < 4.78 is 12.4. The normalized spacial score (nSPS) is 19.0. The Kier molecular flexibility index (Phi) is 8.21. The molecule has 1 aliphatic rings. The summed E-state index contributed by atoms with van der Waals surface area (Å²) in [4.78, 5) is 0. The van der Waals surface area contributed by atoms with Crippen LogP contribution in [0.4, 0.5) is 0 Å². The predicted molar refractivity (Wildman–Crippen MR) is 127 cm³/mol. The number of benzene rings is 1. The topological polar surface area (TPSA) is 18.5 Å². The van der Waals surface area contributed by atoms with Crippen LogP contribution in [0.5, 0.6) is 0 Å². The van der Waals surface area contributed by atoms with Crippen LogP contribution >= 0.6 is 0 Å². The molecule has 29 heavy (non-hydrogen) atoms. The zero-order valence-electron chi connectivity index (χ0n) is 20.2. The zero-order valence-corrected chi connectivity index (χ0v) is 20.2. The van der Waals surface area contributed by atoms with Crippen molar-refractivity contribution in [3.63, 3.8) is 0 Å². The zero-order chi connectivity index (χ0) is 21.7. The van der Waals surface area contributed by atoms with Crippen LogP contribution in [0.15, 0.2) is 30.2 Å². The van der Waals surface area contributed by atoms with E-state index in [0.717, 1.165) is 19.3 Å². The number of rotatable bonds is 9. The van der Waals surface area contributed by atoms with E-state index < -0.39 is 0 Å². The van der Waals surface area contributed by atoms with E-state index in [1.807, 2.05) is 0 Å². The van der Waals surface area contributed by atoms with E-state index in [9.17, 15) is 0 Å². The molecule has 0 N–H and O–H groups in total. The van der Waals surface area contributed by atoms with Crippen molar-refractivity contribution in [1.82, 2.24) is 0 Å². The van der Waals surface area contributed by atoms with E-state index in [4.69, 9.17) is 9.31 Å². The highest BCUT2D eigenvalue weighted by molar-refractivity contribution is 6.53. The Hall–Kier alpha value is -1.06. The maximum atomic E-state index is 6.21. The molecule has 1 fully saturated rings. The summed E-state index contributed by atoms with van der Waals surface area (Å²) in [5.74, 6) is 2.20. The first-order valence-corrected chi connectivity index (χ1v) is 11.6. The van der Waals surface area contributed by atoms with Gasteiger partial charge in [-0.2, -0.15) is 0 Å². The predicted octanol–water partition coefficient (Wildman–Crippen LogP) is 7.65. The highest BCUT2D eigenvalue weighted by Gasteiger charge is 2.50. The van der Waals surface area contributed by atoms with E-state index in [1.165, 1.54) is 42.4 Å². The van der Waals surface area contributed by atoms with Gasteiger partial charge in [0.1, 0.15) is 0 Å². The Morgan fingerprint density at radius 3 is 2.24 bits per heavy atom. The molecule has 1 aromatic carbocycles. The van der Waals surface area contributed by atoms with E-state index in [-0.39, 0.29) is 18.3 Å². The lowest BCUT2D eigenvalue weighted by atomic mass is 9.83. The van der Waals surface area contributed by atoms with Gasteiger partial charge in [0.15, 0.2) is 0 Å². The van der Waals surface area contributed by atoms with Crippen molar-refractivity contribution in [1.29, 1.82) is 0 Å². The fraction of sp³-hybridized carbons (Fsp3) is 0.692. The lowest BCUT2D eigenvalue weighted by Crippen LogP contribution is -2.41. The van der Waals surface area contributed by atoms with Crippen molar-refractivity contribution in [3.8, 4) is 0 Å². The van der Waals surface area contributed by atoms with Crippen LogP contribution in [0, 0.1) is 5.41 Å². The summed E-state index contributed by atoms with van der Waals surface area (Å²) in [5, 5.41) is 0. The van der Waals surface area contributed by atoms with Crippen LogP contribution in [0.25, 0.3) is 5.57 Å². The second-order valence-electron chi connectivity index (χ2n) is 10.9. The Morgan fingerprint density at radius 1 is 1.00 bits per heavy atom. The van der Waals surface area contributed by atoms with Crippen LogP contribution in [0.3, 0.4) is 0 Å². The number of hydrogen-bond donors (Lipinski definition) is 0. The van der Waals surface area contributed by atoms with E-state index in [0.29, 0.717) is 5.41 Å². The molecule has 0 bridgehead atoms. The minimum Gasteiger partial charge on any atom is -0.400 e. The molecular formula is C26H43BO2. The molecule has 162 valence electrons. The molecule has 0 spiro atoms. The first-order valence-electron chi connectivity index (χ1n) is 11.6. The van der Waals surface area contributed by atoms with Crippen molar-refractivity contribution >= 4 is 12.7 Å². The quantitative estimate of drug-likeness (QED) is 0.314. The number of hydrogen-bond acceptors (Lipinski definition) is 2. The van der Waals surface area contributed by atoms with Gasteiger partial charge in [0.25, 0.3) is 0 Å². The summed E-state index contributed by atoms with van der Waals surface area (Å²) in [6, 6.07) is 9.07. The van der Waals surface area contributed by atoms with Gasteiger partial charge in [-0.05, 0) is 75.5 Å². The average Bonchev–Trinajstić information content (AvgIpc) is 2.80. The van der Waals surface area contributed by atoms with Gasteiger partial charge < -0.3 is 9.31 Å². The molecule has 0 radical (unpaired) electrons. The van der Waals surface area contributed by atoms with E-state index in [1.54, 1.807) is 0 Å². The number of unbranched alkanes of at least 4 members (excludes halogenated alkanes) is 2. The molecule has 1 aromatic rings. The summed E-state index contributed by atoms with van der Waals surface area (Å²) in [5.41, 5.74) is 3.96. The smallest absolute Gasteiger partial charge is 0.400 e. The molecule has 1 heterocycles. The van der Waals surface area contributed by atoms with Crippen molar-refractivity contribution in [3.05, 3.63) is 41.4 Å². The third kappa shape index (κ3) is 7.29. The van der Waals surface area contributed by atoms with E-state index >= 15 is 0 Å². The average molecular weight is 398 g/mol. The highest BCUT2D eigenvalue weighted by atomic mass is 16.7. The molecule has 0 atom stereocenters. The van der Waals surface area contributed by atoms with Gasteiger partial charge in [0.05, 0.1) is 11.2 Å². The van der Waals surface area contributed by atoms with Gasteiger partial charge in [-0.3, -0.25) is 0 Å². The molecule has 2 rings (SSSR count). The van der Waals surface area contributed by atoms with Gasteiger partial charge in [0, 0.05) is 0 Å². The van der Waals surface area contributed by atoms with Gasteiger partial charge in [-0.1, -0.05) is 77.2 Å². The molecule has 0 aliphatic carbocycles. The van der Waals surface area contributed by atoms with Gasteiger partial charge in [0.2, 0.25) is 0 Å². The largest absolute Gasteiger partial charge is 0.487 e. The lowest BCUT2D eigenvalue weighted by molar-refractivity contribution is 0.00578. The Labute approximate surface area is 180 Å². The Balaban J connectivity index is 2.03. The van der Waals surface area contributed by atoms with Gasteiger partial charge in [-0.25, -0.2) is 0 Å². The van der Waals surface area contributed by atoms with Gasteiger partial charge in [-0.15, -0.1) is 0 Å². The molecule has 2 nitrogen and oxygen atoms in total. The summed E-state index contributed by atoms with van der Waals surface area (Å²) in [7, 11) is -0.275.